The van der Waals surface area contributed by atoms with Crippen LogP contribution in [-0.4, -0.2) is 36.0 Å². The maximum Gasteiger partial charge on any atom is 0.223 e. The molecule has 0 spiro atoms. The second-order valence-electron chi connectivity index (χ2n) is 5.71. The fourth-order valence-electron chi connectivity index (χ4n) is 2.99. The molecule has 1 aliphatic rings. The molecule has 3 rings (SSSR count). The molecule has 0 radical (unpaired) electrons. The topological polar surface area (TPSA) is 68.4 Å². The molecule has 0 aliphatic carbocycles. The van der Waals surface area contributed by atoms with Gasteiger partial charge in [-0.2, -0.15) is 0 Å². The summed E-state index contributed by atoms with van der Waals surface area (Å²) in [6.07, 6.45) is 3.44. The van der Waals surface area contributed by atoms with E-state index in [4.69, 9.17) is 33.7 Å². The first-order valence-corrected chi connectivity index (χ1v) is 8.23. The zero-order valence-electron chi connectivity index (χ0n) is 13.1. The van der Waals surface area contributed by atoms with Crippen molar-refractivity contribution >= 4 is 29.1 Å². The number of aromatic nitrogens is 1. The van der Waals surface area contributed by atoms with Gasteiger partial charge in [0, 0.05) is 31.0 Å². The monoisotopic (exact) mass is 365 g/mol. The van der Waals surface area contributed by atoms with Crippen LogP contribution in [0.1, 0.15) is 17.2 Å². The summed E-state index contributed by atoms with van der Waals surface area (Å²) in [4.78, 5) is 17.6. The van der Waals surface area contributed by atoms with Crippen molar-refractivity contribution in [2.75, 3.05) is 20.2 Å². The summed E-state index contributed by atoms with van der Waals surface area (Å²) in [5.41, 5.74) is 7.17. The zero-order valence-corrected chi connectivity index (χ0v) is 14.6. The smallest absolute Gasteiger partial charge is 0.223 e. The Morgan fingerprint density at radius 3 is 2.54 bits per heavy atom. The van der Waals surface area contributed by atoms with E-state index in [0.29, 0.717) is 28.9 Å². The third-order valence-electron chi connectivity index (χ3n) is 4.29. The Kier molecular flexibility index (Phi) is 4.94. The van der Waals surface area contributed by atoms with Gasteiger partial charge >= 0.3 is 0 Å². The van der Waals surface area contributed by atoms with Gasteiger partial charge in [-0.15, -0.1) is 0 Å². The minimum atomic E-state index is -0.288. The van der Waals surface area contributed by atoms with Gasteiger partial charge in [0.25, 0.3) is 0 Å². The number of likely N-dealkylation sites (tertiary alicyclic amines) is 1. The summed E-state index contributed by atoms with van der Waals surface area (Å²) in [6, 6.07) is 7.14. The number of halogens is 2. The SMILES string of the molecule is COc1ccc(Cl)c(Cl)c1C(c1ccncc1)N1CC(C(N)=O)C1. The summed E-state index contributed by atoms with van der Waals surface area (Å²) >= 11 is 12.7. The molecule has 2 aromatic rings. The Labute approximate surface area is 150 Å². The van der Waals surface area contributed by atoms with Crippen molar-refractivity contribution in [1.29, 1.82) is 0 Å². The Hall–Kier alpha value is -1.82. The van der Waals surface area contributed by atoms with E-state index in [-0.39, 0.29) is 17.9 Å². The molecule has 1 amide bonds. The van der Waals surface area contributed by atoms with Crippen LogP contribution in [0.3, 0.4) is 0 Å². The number of methoxy groups -OCH3 is 1. The van der Waals surface area contributed by atoms with Crippen LogP contribution in [0.4, 0.5) is 0 Å². The minimum absolute atomic E-state index is 0.154. The number of primary amides is 1. The Balaban J connectivity index is 2.07. The quantitative estimate of drug-likeness (QED) is 0.884. The number of hydrogen-bond acceptors (Lipinski definition) is 4. The van der Waals surface area contributed by atoms with Crippen LogP contribution in [0.5, 0.6) is 5.75 Å². The molecule has 2 heterocycles. The molecule has 1 atom stereocenters. The fraction of sp³-hybridized carbons (Fsp3) is 0.294. The van der Waals surface area contributed by atoms with Gasteiger partial charge in [-0.3, -0.25) is 14.7 Å². The van der Waals surface area contributed by atoms with Crippen molar-refractivity contribution in [3.63, 3.8) is 0 Å². The lowest BCUT2D eigenvalue weighted by Gasteiger charge is -2.43. The van der Waals surface area contributed by atoms with Crippen LogP contribution < -0.4 is 10.5 Å². The molecule has 126 valence electrons. The van der Waals surface area contributed by atoms with Crippen molar-refractivity contribution in [1.82, 2.24) is 9.88 Å². The molecule has 1 fully saturated rings. The van der Waals surface area contributed by atoms with Gasteiger partial charge in [0.1, 0.15) is 5.75 Å². The van der Waals surface area contributed by atoms with Crippen molar-refractivity contribution < 1.29 is 9.53 Å². The minimum Gasteiger partial charge on any atom is -0.496 e. The van der Waals surface area contributed by atoms with Crippen LogP contribution in [0.2, 0.25) is 10.0 Å². The van der Waals surface area contributed by atoms with E-state index in [9.17, 15) is 4.79 Å². The first-order valence-electron chi connectivity index (χ1n) is 7.48. The molecule has 1 unspecified atom stereocenters. The van der Waals surface area contributed by atoms with E-state index in [0.717, 1.165) is 11.1 Å². The molecule has 1 saturated heterocycles. The number of nitrogens with two attached hydrogens (primary N) is 1. The number of ether oxygens (including phenoxy) is 1. The van der Waals surface area contributed by atoms with E-state index in [1.165, 1.54) is 0 Å². The van der Waals surface area contributed by atoms with Gasteiger partial charge in [-0.25, -0.2) is 0 Å². The van der Waals surface area contributed by atoms with Gasteiger partial charge < -0.3 is 10.5 Å². The fourth-order valence-corrected chi connectivity index (χ4v) is 3.41. The predicted octanol–water partition coefficient (Wildman–Crippen LogP) is 2.90. The Morgan fingerprint density at radius 1 is 1.29 bits per heavy atom. The molecule has 1 aromatic heterocycles. The Morgan fingerprint density at radius 2 is 1.96 bits per heavy atom. The maximum atomic E-state index is 11.4. The predicted molar refractivity (Wildman–Crippen MR) is 93.4 cm³/mol. The molecule has 1 aromatic carbocycles. The second-order valence-corrected chi connectivity index (χ2v) is 6.50. The lowest BCUT2D eigenvalue weighted by atomic mass is 9.90. The average Bonchev–Trinajstić information content (AvgIpc) is 2.54. The number of nitrogens with zero attached hydrogens (tertiary/aromatic N) is 2. The second kappa shape index (κ2) is 6.97. The zero-order chi connectivity index (χ0) is 17.3. The van der Waals surface area contributed by atoms with Crippen molar-refractivity contribution in [2.45, 2.75) is 6.04 Å². The van der Waals surface area contributed by atoms with Gasteiger partial charge in [-0.1, -0.05) is 23.2 Å². The third kappa shape index (κ3) is 3.07. The molecule has 0 bridgehead atoms. The van der Waals surface area contributed by atoms with E-state index < -0.39 is 0 Å². The van der Waals surface area contributed by atoms with Gasteiger partial charge in [0.2, 0.25) is 5.91 Å². The molecular formula is C17H17Cl2N3O2. The van der Waals surface area contributed by atoms with Crippen LogP contribution in [-0.2, 0) is 4.79 Å². The normalized spacial score (nSPS) is 16.5. The van der Waals surface area contributed by atoms with Gasteiger partial charge in [0.05, 0.1) is 29.1 Å². The van der Waals surface area contributed by atoms with E-state index in [1.807, 2.05) is 12.1 Å². The number of benzene rings is 1. The summed E-state index contributed by atoms with van der Waals surface area (Å²) in [5, 5.41) is 0.902. The van der Waals surface area contributed by atoms with Crippen LogP contribution >= 0.6 is 23.2 Å². The first-order chi connectivity index (χ1) is 11.5. The summed E-state index contributed by atoms with van der Waals surface area (Å²) in [7, 11) is 1.59. The number of amides is 1. The highest BCUT2D eigenvalue weighted by molar-refractivity contribution is 6.42. The van der Waals surface area contributed by atoms with Gasteiger partial charge in [-0.05, 0) is 29.8 Å². The summed E-state index contributed by atoms with van der Waals surface area (Å²) in [6.45, 7) is 1.13. The Bertz CT molecular complexity index is 749. The summed E-state index contributed by atoms with van der Waals surface area (Å²) in [5.74, 6) is 0.205. The number of carbonyl (C=O) groups is 1. The highest BCUT2D eigenvalue weighted by Crippen LogP contribution is 2.44. The molecule has 0 saturated carbocycles. The lowest BCUT2D eigenvalue weighted by Crippen LogP contribution is -2.53. The van der Waals surface area contributed by atoms with Crippen molar-refractivity contribution in [2.24, 2.45) is 11.7 Å². The molecule has 1 aliphatic heterocycles. The number of pyridine rings is 1. The molecule has 7 heteroatoms. The largest absolute Gasteiger partial charge is 0.496 e. The standard InChI is InChI=1S/C17H17Cl2N3O2/c1-24-13-3-2-12(18)15(19)14(13)16(10-4-6-21-7-5-10)22-8-11(9-22)17(20)23/h2-7,11,16H,8-9H2,1H3,(H2,20,23). The highest BCUT2D eigenvalue weighted by atomic mass is 35.5. The number of hydrogen-bond donors (Lipinski definition) is 1. The van der Waals surface area contributed by atoms with Crippen LogP contribution in [0.25, 0.3) is 0 Å². The van der Waals surface area contributed by atoms with E-state index >= 15 is 0 Å². The van der Waals surface area contributed by atoms with E-state index in [2.05, 4.69) is 9.88 Å². The molecule has 2 N–H and O–H groups in total. The lowest BCUT2D eigenvalue weighted by molar-refractivity contribution is -0.127. The van der Waals surface area contributed by atoms with E-state index in [1.54, 1.807) is 31.6 Å². The molecule has 24 heavy (non-hydrogen) atoms. The van der Waals surface area contributed by atoms with Crippen molar-refractivity contribution in [3.05, 3.63) is 57.8 Å². The highest BCUT2D eigenvalue weighted by Gasteiger charge is 2.39. The van der Waals surface area contributed by atoms with Crippen molar-refractivity contribution in [3.8, 4) is 5.75 Å². The molecule has 5 nitrogen and oxygen atoms in total. The van der Waals surface area contributed by atoms with Crippen LogP contribution in [0.15, 0.2) is 36.7 Å². The first kappa shape index (κ1) is 17.0. The summed E-state index contributed by atoms with van der Waals surface area (Å²) < 4.78 is 5.50. The van der Waals surface area contributed by atoms with Gasteiger partial charge in [0.15, 0.2) is 0 Å². The average molecular weight is 366 g/mol. The molecular weight excluding hydrogens is 349 g/mol. The van der Waals surface area contributed by atoms with Crippen LogP contribution in [0, 0.1) is 5.92 Å². The third-order valence-corrected chi connectivity index (χ3v) is 5.10. The maximum absolute atomic E-state index is 11.4. The number of carbonyl (C=O) groups excluding carboxylic acids is 1. The number of rotatable bonds is 5.